The molecule has 4 atom stereocenters. The van der Waals surface area contributed by atoms with Gasteiger partial charge in [-0.1, -0.05) is 50.8 Å². The number of Topliss-reactive ketones (excluding diaryl/α,β-unsaturated/α-hetero) is 3. The molecule has 2 amide bonds. The summed E-state index contributed by atoms with van der Waals surface area (Å²) in [6.07, 6.45) is -1.97. The Morgan fingerprint density at radius 2 is 1.50 bits per heavy atom. The molecule has 1 rings (SSSR count). The molecule has 0 bridgehead atoms. The maximum Gasteiger partial charge on any atom is 0.248 e. The van der Waals surface area contributed by atoms with Crippen molar-refractivity contribution in [3.8, 4) is 0 Å². The summed E-state index contributed by atoms with van der Waals surface area (Å²) in [6.45, 7) is 8.76. The molecule has 0 heterocycles. The van der Waals surface area contributed by atoms with Crippen molar-refractivity contribution in [2.24, 2.45) is 23.1 Å². The van der Waals surface area contributed by atoms with Crippen molar-refractivity contribution in [1.82, 2.24) is 4.90 Å². The van der Waals surface area contributed by atoms with Crippen molar-refractivity contribution >= 4 is 29.2 Å². The number of imide groups is 1. The first-order valence-corrected chi connectivity index (χ1v) is 11.8. The van der Waals surface area contributed by atoms with Gasteiger partial charge in [-0.3, -0.25) is 28.9 Å². The predicted octanol–water partition coefficient (Wildman–Crippen LogP) is 0.0368. The highest BCUT2D eigenvalue weighted by Crippen LogP contribution is 2.28. The van der Waals surface area contributed by atoms with Gasteiger partial charge in [0.05, 0.1) is 24.7 Å². The first kappa shape index (κ1) is 31.0. The minimum atomic E-state index is -2.99. The van der Waals surface area contributed by atoms with E-state index in [0.717, 1.165) is 0 Å². The van der Waals surface area contributed by atoms with Crippen LogP contribution in [0.25, 0.3) is 0 Å². The predicted molar refractivity (Wildman–Crippen MR) is 135 cm³/mol. The number of hydrogen-bond acceptors (Lipinski definition) is 9. The first-order chi connectivity index (χ1) is 16.7. The Morgan fingerprint density at radius 1 is 0.972 bits per heavy atom. The van der Waals surface area contributed by atoms with Gasteiger partial charge < -0.3 is 22.3 Å². The molecule has 10 heteroatoms. The van der Waals surface area contributed by atoms with Crippen molar-refractivity contribution < 1.29 is 29.1 Å². The third-order valence-electron chi connectivity index (χ3n) is 5.62. The van der Waals surface area contributed by atoms with Crippen LogP contribution in [0.15, 0.2) is 42.5 Å². The van der Waals surface area contributed by atoms with Crippen LogP contribution in [0.3, 0.4) is 0 Å². The topological polar surface area (TPSA) is 187 Å². The smallest absolute Gasteiger partial charge is 0.248 e. The summed E-state index contributed by atoms with van der Waals surface area (Å²) in [7, 11) is 0. The Hall–Kier alpha value is -3.05. The minimum Gasteiger partial charge on any atom is -0.393 e. The number of carbonyl (C=O) groups is 5. The van der Waals surface area contributed by atoms with Crippen molar-refractivity contribution in [2.45, 2.75) is 70.7 Å². The molecular formula is C26H38N4O6. The lowest BCUT2D eigenvalue weighted by Gasteiger charge is -2.41. The molecule has 0 saturated heterocycles. The fourth-order valence-corrected chi connectivity index (χ4v) is 3.97. The molecule has 7 N–H and O–H groups in total. The fraction of sp³-hybridized carbons (Fsp3) is 0.500. The van der Waals surface area contributed by atoms with Gasteiger partial charge in [-0.05, 0) is 43.7 Å². The minimum absolute atomic E-state index is 0.0539. The molecule has 0 spiro atoms. The Bertz CT molecular complexity index is 991. The number of carbonyl (C=O) groups excluding carboxylic acids is 5. The molecule has 0 radical (unpaired) electrons. The highest BCUT2D eigenvalue weighted by atomic mass is 16.3. The molecular weight excluding hydrogens is 464 g/mol. The second kappa shape index (κ2) is 13.3. The number of nitrogens with zero attached hydrogens (tertiary/aromatic N) is 1. The summed E-state index contributed by atoms with van der Waals surface area (Å²) in [6, 6.07) is 5.90. The number of rotatable bonds is 14. The zero-order valence-corrected chi connectivity index (χ0v) is 21.4. The Balaban J connectivity index is 3.89. The second-order valence-electron chi connectivity index (χ2n) is 9.47. The zero-order chi connectivity index (χ0) is 27.8. The number of benzene rings is 1. The number of aliphatic hydroxyl groups is 1. The number of aliphatic hydroxyl groups excluding tert-OH is 1. The molecule has 0 fully saturated rings. The first-order valence-electron chi connectivity index (χ1n) is 11.8. The van der Waals surface area contributed by atoms with E-state index in [1.54, 1.807) is 44.2 Å². The molecule has 4 unspecified atom stereocenters. The highest BCUT2D eigenvalue weighted by Gasteiger charge is 2.60. The van der Waals surface area contributed by atoms with Gasteiger partial charge in [0.25, 0.3) is 0 Å². The lowest BCUT2D eigenvalue weighted by Crippen LogP contribution is -2.73. The number of amides is 2. The van der Waals surface area contributed by atoms with Crippen molar-refractivity contribution in [3.05, 3.63) is 48.0 Å². The maximum atomic E-state index is 13.8. The molecule has 0 aliphatic rings. The van der Waals surface area contributed by atoms with Gasteiger partial charge in [-0.2, -0.15) is 0 Å². The van der Waals surface area contributed by atoms with Crippen LogP contribution in [0, 0.1) is 5.92 Å². The molecule has 0 saturated carbocycles. The summed E-state index contributed by atoms with van der Waals surface area (Å²) >= 11 is 0. The van der Waals surface area contributed by atoms with Crippen LogP contribution in [0.2, 0.25) is 0 Å². The van der Waals surface area contributed by atoms with Crippen LogP contribution in [0.4, 0.5) is 0 Å². The lowest BCUT2D eigenvalue weighted by molar-refractivity contribution is -0.168. The van der Waals surface area contributed by atoms with Gasteiger partial charge in [0.1, 0.15) is 0 Å². The summed E-state index contributed by atoms with van der Waals surface area (Å²) < 4.78 is 0. The quantitative estimate of drug-likeness (QED) is 0.201. The van der Waals surface area contributed by atoms with E-state index >= 15 is 0 Å². The normalized spacial score (nSPS) is 15.4. The maximum absolute atomic E-state index is 13.8. The van der Waals surface area contributed by atoms with E-state index in [4.69, 9.17) is 17.2 Å². The van der Waals surface area contributed by atoms with Gasteiger partial charge >= 0.3 is 0 Å². The zero-order valence-electron chi connectivity index (χ0n) is 21.4. The molecule has 36 heavy (non-hydrogen) atoms. The van der Waals surface area contributed by atoms with E-state index in [1.165, 1.54) is 13.8 Å². The standard InChI is InChI=1S/C26H38N4O6/c1-15(2)11-19(28)24(35)30(25(36)20(29)13-18-9-7-6-8-10-18)26(22(33)14-27,23(34)16(3)4)21(32)12-17(5)31/h6-10,15,17,19-20,31H,3,11-14,27-29H2,1-2,4-5H3. The molecule has 10 nitrogen and oxygen atoms in total. The second-order valence-corrected chi connectivity index (χ2v) is 9.47. The number of ketones is 3. The van der Waals surface area contributed by atoms with Gasteiger partial charge in [0.2, 0.25) is 17.4 Å². The Kier molecular flexibility index (Phi) is 11.5. The van der Waals surface area contributed by atoms with E-state index in [1.807, 2.05) is 0 Å². The average molecular weight is 503 g/mol. The van der Waals surface area contributed by atoms with E-state index in [0.29, 0.717) is 10.5 Å². The van der Waals surface area contributed by atoms with Crippen LogP contribution < -0.4 is 17.2 Å². The molecule has 0 aromatic heterocycles. The van der Waals surface area contributed by atoms with Crippen molar-refractivity contribution in [1.29, 1.82) is 0 Å². The highest BCUT2D eigenvalue weighted by molar-refractivity contribution is 6.36. The molecule has 1 aromatic carbocycles. The van der Waals surface area contributed by atoms with E-state index in [2.05, 4.69) is 6.58 Å². The Morgan fingerprint density at radius 3 is 1.94 bits per heavy atom. The molecule has 1 aromatic rings. The SMILES string of the molecule is C=C(C)C(=O)C(C(=O)CN)(C(=O)CC(C)O)N(C(=O)C(N)Cc1ccccc1)C(=O)C(N)CC(C)C. The van der Waals surface area contributed by atoms with E-state index in [-0.39, 0.29) is 24.3 Å². The van der Waals surface area contributed by atoms with Gasteiger partial charge in [0.15, 0.2) is 17.3 Å². The van der Waals surface area contributed by atoms with Crippen LogP contribution >= 0.6 is 0 Å². The Labute approximate surface area is 211 Å². The van der Waals surface area contributed by atoms with Crippen molar-refractivity contribution in [2.75, 3.05) is 6.54 Å². The van der Waals surface area contributed by atoms with Gasteiger partial charge in [-0.25, -0.2) is 0 Å². The average Bonchev–Trinajstić information content (AvgIpc) is 2.80. The monoisotopic (exact) mass is 502 g/mol. The third-order valence-corrected chi connectivity index (χ3v) is 5.62. The van der Waals surface area contributed by atoms with Crippen LogP contribution in [-0.4, -0.2) is 69.4 Å². The summed E-state index contributed by atoms with van der Waals surface area (Å²) in [4.78, 5) is 68.3. The van der Waals surface area contributed by atoms with E-state index < -0.39 is 65.9 Å². The third kappa shape index (κ3) is 7.01. The summed E-state index contributed by atoms with van der Waals surface area (Å²) in [5.41, 5.74) is 15.3. The molecule has 0 aliphatic heterocycles. The van der Waals surface area contributed by atoms with Crippen LogP contribution in [0.1, 0.15) is 46.1 Å². The number of nitrogens with two attached hydrogens (primary N) is 3. The van der Waals surface area contributed by atoms with Crippen LogP contribution in [-0.2, 0) is 30.4 Å². The van der Waals surface area contributed by atoms with Gasteiger partial charge in [0, 0.05) is 6.42 Å². The lowest BCUT2D eigenvalue weighted by atomic mass is 9.77. The molecule has 0 aliphatic carbocycles. The van der Waals surface area contributed by atoms with E-state index in [9.17, 15) is 29.1 Å². The van der Waals surface area contributed by atoms with Crippen molar-refractivity contribution in [3.63, 3.8) is 0 Å². The fourth-order valence-electron chi connectivity index (χ4n) is 3.97. The molecule has 198 valence electrons. The van der Waals surface area contributed by atoms with Gasteiger partial charge in [-0.15, -0.1) is 0 Å². The summed E-state index contributed by atoms with van der Waals surface area (Å²) in [5, 5.41) is 9.92. The number of hydrogen-bond donors (Lipinski definition) is 4. The largest absolute Gasteiger partial charge is 0.393 e. The van der Waals surface area contributed by atoms with Crippen LogP contribution in [0.5, 0.6) is 0 Å². The summed E-state index contributed by atoms with van der Waals surface area (Å²) in [5.74, 6) is -5.92.